The third-order valence-electron chi connectivity index (χ3n) is 4.05. The summed E-state index contributed by atoms with van der Waals surface area (Å²) in [6.45, 7) is 4.53. The number of nitrogens with zero attached hydrogens (tertiary/aromatic N) is 2. The van der Waals surface area contributed by atoms with Crippen LogP contribution < -0.4 is 5.32 Å². The van der Waals surface area contributed by atoms with Crippen LogP contribution in [-0.4, -0.2) is 38.3 Å². The van der Waals surface area contributed by atoms with Gasteiger partial charge in [-0.3, -0.25) is 4.79 Å². The van der Waals surface area contributed by atoms with Crippen molar-refractivity contribution in [2.45, 2.75) is 57.3 Å². The number of hydrogen-bond acceptors (Lipinski definition) is 4. The van der Waals surface area contributed by atoms with Crippen molar-refractivity contribution in [3.8, 4) is 0 Å². The van der Waals surface area contributed by atoms with Crippen molar-refractivity contribution in [1.82, 2.24) is 14.9 Å². The first-order valence-corrected chi connectivity index (χ1v) is 10.7. The number of benzene rings is 1. The molecule has 2 N–H and O–H groups in total. The number of halogens is 1. The lowest BCUT2D eigenvalue weighted by Crippen LogP contribution is -2.42. The summed E-state index contributed by atoms with van der Waals surface area (Å²) in [6, 6.07) is 6.63. The summed E-state index contributed by atoms with van der Waals surface area (Å²) in [7, 11) is 0. The predicted molar refractivity (Wildman–Crippen MR) is 112 cm³/mol. The second-order valence-electron chi connectivity index (χ2n) is 6.50. The van der Waals surface area contributed by atoms with Gasteiger partial charge in [0.05, 0.1) is 12.2 Å². The third kappa shape index (κ3) is 6.56. The first-order chi connectivity index (χ1) is 13.4. The molecule has 0 aliphatic carbocycles. The molecule has 1 aromatic heterocycles. The highest BCUT2D eigenvalue weighted by Gasteiger charge is 2.22. The van der Waals surface area contributed by atoms with E-state index in [1.807, 2.05) is 42.0 Å². The van der Waals surface area contributed by atoms with E-state index in [4.69, 9.17) is 11.6 Å². The molecular formula is C20H26ClN3O3S. The van der Waals surface area contributed by atoms with Crippen LogP contribution in [-0.2, 0) is 22.6 Å². The number of rotatable bonds is 11. The van der Waals surface area contributed by atoms with Crippen molar-refractivity contribution >= 4 is 35.2 Å². The summed E-state index contributed by atoms with van der Waals surface area (Å²) in [5.41, 5.74) is 1.60. The van der Waals surface area contributed by atoms with Gasteiger partial charge in [0.15, 0.2) is 5.16 Å². The molecule has 0 saturated carbocycles. The average molecular weight is 424 g/mol. The number of imidazole rings is 1. The number of thioether (sulfide) groups is 1. The molecule has 0 spiro atoms. The maximum atomic E-state index is 11.8. The molecule has 152 valence electrons. The summed E-state index contributed by atoms with van der Waals surface area (Å²) >= 11 is 7.91. The van der Waals surface area contributed by atoms with Crippen LogP contribution in [0.5, 0.6) is 0 Å². The van der Waals surface area contributed by atoms with Crippen molar-refractivity contribution in [1.29, 1.82) is 0 Å². The Morgan fingerprint density at radius 3 is 2.68 bits per heavy atom. The first-order valence-electron chi connectivity index (χ1n) is 9.39. The lowest BCUT2D eigenvalue weighted by molar-refractivity contribution is -0.141. The number of carbonyl (C=O) groups excluding carboxylic acids is 1. The Kier molecular flexibility index (Phi) is 8.86. The fraction of sp³-hybridized carbons (Fsp3) is 0.450. The Labute approximate surface area is 174 Å². The Morgan fingerprint density at radius 1 is 1.29 bits per heavy atom. The van der Waals surface area contributed by atoms with E-state index in [-0.39, 0.29) is 12.3 Å². The van der Waals surface area contributed by atoms with Crippen LogP contribution >= 0.6 is 23.4 Å². The van der Waals surface area contributed by atoms with Gasteiger partial charge in [-0.15, -0.1) is 0 Å². The average Bonchev–Trinajstić information content (AvgIpc) is 3.02. The van der Waals surface area contributed by atoms with Crippen LogP contribution in [0.2, 0.25) is 5.02 Å². The van der Waals surface area contributed by atoms with E-state index in [1.54, 1.807) is 11.8 Å². The lowest BCUT2D eigenvalue weighted by Gasteiger charge is -2.12. The normalized spacial score (nSPS) is 12.0. The molecule has 8 heteroatoms. The van der Waals surface area contributed by atoms with Crippen LogP contribution in [0.25, 0.3) is 0 Å². The van der Waals surface area contributed by atoms with E-state index >= 15 is 0 Å². The summed E-state index contributed by atoms with van der Waals surface area (Å²) in [5, 5.41) is 13.5. The number of nitrogens with one attached hydrogen (secondary N) is 1. The van der Waals surface area contributed by atoms with Gasteiger partial charge >= 0.3 is 5.97 Å². The van der Waals surface area contributed by atoms with Gasteiger partial charge in [0.25, 0.3) is 0 Å². The van der Waals surface area contributed by atoms with Crippen LogP contribution in [0, 0.1) is 0 Å². The number of aliphatic carboxylic acids is 1. The summed E-state index contributed by atoms with van der Waals surface area (Å²) in [6.07, 6.45) is 3.97. The van der Waals surface area contributed by atoms with Crippen LogP contribution in [0.4, 0.5) is 0 Å². The highest BCUT2D eigenvalue weighted by Crippen LogP contribution is 2.23. The quantitative estimate of drug-likeness (QED) is 0.533. The molecule has 0 fully saturated rings. The van der Waals surface area contributed by atoms with Crippen LogP contribution in [0.15, 0.2) is 35.6 Å². The van der Waals surface area contributed by atoms with Gasteiger partial charge in [0.1, 0.15) is 6.04 Å². The Morgan fingerprint density at radius 2 is 2.04 bits per heavy atom. The molecule has 1 atom stereocenters. The number of hydrogen-bond donors (Lipinski definition) is 2. The number of aromatic nitrogens is 2. The molecule has 0 bridgehead atoms. The van der Waals surface area contributed by atoms with E-state index in [0.717, 1.165) is 22.9 Å². The van der Waals surface area contributed by atoms with E-state index < -0.39 is 12.0 Å². The minimum Gasteiger partial charge on any atom is -0.480 e. The molecule has 0 radical (unpaired) electrons. The zero-order valence-electron chi connectivity index (χ0n) is 16.2. The van der Waals surface area contributed by atoms with Crippen LogP contribution in [0.1, 0.15) is 44.4 Å². The molecule has 1 unspecified atom stereocenters. The topological polar surface area (TPSA) is 84.2 Å². The van der Waals surface area contributed by atoms with E-state index in [9.17, 15) is 14.7 Å². The van der Waals surface area contributed by atoms with Gasteiger partial charge in [-0.05, 0) is 24.5 Å². The molecule has 1 amide bonds. The zero-order chi connectivity index (χ0) is 20.5. The zero-order valence-corrected chi connectivity index (χ0v) is 17.7. The maximum Gasteiger partial charge on any atom is 0.326 e. The Hall–Kier alpha value is -1.99. The standard InChI is InChI=1S/C20H26ClN3O3S/c1-3-7-18(25)23-17(19(26)27)11-15-13-24(20(22-15)28-10-4-2)12-14-8-5-6-9-16(14)21/h5-6,8-9,13,17H,3-4,7,10-12H2,1-2H3,(H,23,25)(H,26,27). The smallest absolute Gasteiger partial charge is 0.326 e. The van der Waals surface area contributed by atoms with Gasteiger partial charge in [0, 0.05) is 29.8 Å². The highest BCUT2D eigenvalue weighted by molar-refractivity contribution is 7.99. The second-order valence-corrected chi connectivity index (χ2v) is 7.96. The SMILES string of the molecule is CCCSc1nc(CC(NC(=O)CCC)C(=O)O)cn1Cc1ccccc1Cl. The maximum absolute atomic E-state index is 11.8. The first kappa shape index (κ1) is 22.3. The Balaban J connectivity index is 2.21. The number of carboxylic acid groups (broad SMARTS) is 1. The van der Waals surface area contributed by atoms with E-state index in [1.165, 1.54) is 0 Å². The minimum absolute atomic E-state index is 0.139. The van der Waals surface area contributed by atoms with Crippen molar-refractivity contribution in [3.63, 3.8) is 0 Å². The monoisotopic (exact) mass is 423 g/mol. The molecule has 2 rings (SSSR count). The summed E-state index contributed by atoms with van der Waals surface area (Å²) in [5.74, 6) is -0.409. The van der Waals surface area contributed by atoms with Crippen LogP contribution in [0.3, 0.4) is 0 Å². The van der Waals surface area contributed by atoms with Crippen molar-refractivity contribution < 1.29 is 14.7 Å². The summed E-state index contributed by atoms with van der Waals surface area (Å²) in [4.78, 5) is 28.0. The Bertz CT molecular complexity index is 810. The molecule has 2 aromatic rings. The largest absolute Gasteiger partial charge is 0.480 e. The number of carboxylic acids is 1. The molecule has 0 aliphatic heterocycles. The molecule has 0 aliphatic rings. The third-order valence-corrected chi connectivity index (χ3v) is 5.61. The molecule has 1 heterocycles. The van der Waals surface area contributed by atoms with Crippen molar-refractivity contribution in [2.24, 2.45) is 0 Å². The van der Waals surface area contributed by atoms with Gasteiger partial charge in [-0.2, -0.15) is 0 Å². The fourth-order valence-electron chi connectivity index (χ4n) is 2.68. The second kappa shape index (κ2) is 11.1. The number of carbonyl (C=O) groups is 2. The molecular weight excluding hydrogens is 398 g/mol. The van der Waals surface area contributed by atoms with Gasteiger partial charge < -0.3 is 15.0 Å². The molecule has 6 nitrogen and oxygen atoms in total. The van der Waals surface area contributed by atoms with Crippen molar-refractivity contribution in [2.75, 3.05) is 5.75 Å². The van der Waals surface area contributed by atoms with E-state index in [0.29, 0.717) is 30.1 Å². The fourth-order valence-corrected chi connectivity index (χ4v) is 3.73. The lowest BCUT2D eigenvalue weighted by atomic mass is 10.1. The van der Waals surface area contributed by atoms with Gasteiger partial charge in [-0.1, -0.05) is 55.4 Å². The van der Waals surface area contributed by atoms with Crippen molar-refractivity contribution in [3.05, 3.63) is 46.7 Å². The molecule has 28 heavy (non-hydrogen) atoms. The molecule has 0 saturated heterocycles. The van der Waals surface area contributed by atoms with E-state index in [2.05, 4.69) is 17.2 Å². The minimum atomic E-state index is -1.06. The summed E-state index contributed by atoms with van der Waals surface area (Å²) < 4.78 is 1.99. The molecule has 1 aromatic carbocycles. The van der Waals surface area contributed by atoms with Gasteiger partial charge in [0.2, 0.25) is 5.91 Å². The van der Waals surface area contributed by atoms with Gasteiger partial charge in [-0.25, -0.2) is 9.78 Å². The predicted octanol–water partition coefficient (Wildman–Crippen LogP) is 4.00. The number of amides is 1. The highest BCUT2D eigenvalue weighted by atomic mass is 35.5.